The van der Waals surface area contributed by atoms with Crippen molar-refractivity contribution in [1.82, 2.24) is 0 Å². The van der Waals surface area contributed by atoms with Crippen LogP contribution in [0.1, 0.15) is 55.0 Å². The molecule has 0 N–H and O–H groups in total. The van der Waals surface area contributed by atoms with E-state index in [1.807, 2.05) is 6.07 Å². The van der Waals surface area contributed by atoms with Crippen molar-refractivity contribution in [3.05, 3.63) is 64.0 Å². The van der Waals surface area contributed by atoms with Crippen LogP contribution in [0.25, 0.3) is 0 Å². The van der Waals surface area contributed by atoms with Gasteiger partial charge in [0.15, 0.2) is 0 Å². The van der Waals surface area contributed by atoms with Crippen molar-refractivity contribution in [2.24, 2.45) is 5.41 Å². The predicted octanol–water partition coefficient (Wildman–Crippen LogP) is 5.55. The molecule has 3 heteroatoms. The first-order chi connectivity index (χ1) is 12.6. The van der Waals surface area contributed by atoms with Gasteiger partial charge >= 0.3 is 0 Å². The first-order valence-corrected chi connectivity index (χ1v) is 9.76. The third kappa shape index (κ3) is 4.77. The number of ketones is 1. The molecule has 3 rings (SSSR count). The van der Waals surface area contributed by atoms with Crippen LogP contribution in [0.15, 0.2) is 30.3 Å². The molecular weight excluding hydrogens is 337 g/mol. The van der Waals surface area contributed by atoms with Crippen LogP contribution in [0.4, 0.5) is 10.1 Å². The van der Waals surface area contributed by atoms with Gasteiger partial charge < -0.3 is 4.90 Å². The second-order valence-electron chi connectivity index (χ2n) is 9.10. The third-order valence-electron chi connectivity index (χ3n) is 5.33. The lowest BCUT2D eigenvalue weighted by molar-refractivity contribution is -0.120. The normalized spacial score (nSPS) is 14.2. The molecular formula is C24H30FNO. The molecule has 0 aromatic heterocycles. The Morgan fingerprint density at radius 1 is 1.07 bits per heavy atom. The molecule has 2 aromatic carbocycles. The number of carbonyl (C=O) groups excluding carboxylic acids is 1. The van der Waals surface area contributed by atoms with Crippen LogP contribution in [0.5, 0.6) is 0 Å². The fraction of sp³-hybridized carbons (Fsp3) is 0.458. The van der Waals surface area contributed by atoms with Gasteiger partial charge in [0, 0.05) is 31.6 Å². The van der Waals surface area contributed by atoms with Crippen LogP contribution < -0.4 is 4.90 Å². The highest BCUT2D eigenvalue weighted by Crippen LogP contribution is 2.29. The van der Waals surface area contributed by atoms with E-state index in [2.05, 4.69) is 51.7 Å². The molecule has 2 aromatic rings. The molecule has 27 heavy (non-hydrogen) atoms. The minimum atomic E-state index is -0.154. The maximum atomic E-state index is 13.4. The Labute approximate surface area is 162 Å². The van der Waals surface area contributed by atoms with Gasteiger partial charge in [-0.1, -0.05) is 26.8 Å². The highest BCUT2D eigenvalue weighted by atomic mass is 19.1. The molecule has 2 nitrogen and oxygen atoms in total. The topological polar surface area (TPSA) is 20.3 Å². The highest BCUT2D eigenvalue weighted by molar-refractivity contribution is 5.82. The number of hydrogen-bond acceptors (Lipinski definition) is 2. The van der Waals surface area contributed by atoms with Gasteiger partial charge in [-0.15, -0.1) is 0 Å². The number of aryl methyl sites for hydroxylation is 2. The van der Waals surface area contributed by atoms with Crippen LogP contribution in [0, 0.1) is 25.1 Å². The lowest BCUT2D eigenvalue weighted by atomic mass is 9.86. The van der Waals surface area contributed by atoms with Gasteiger partial charge in [0.05, 0.1) is 0 Å². The quantitative estimate of drug-likeness (QED) is 0.706. The van der Waals surface area contributed by atoms with Crippen molar-refractivity contribution in [2.75, 3.05) is 11.4 Å². The first-order valence-electron chi connectivity index (χ1n) is 9.76. The molecule has 1 aliphatic heterocycles. The number of nitrogens with zero attached hydrogens (tertiary/aromatic N) is 1. The van der Waals surface area contributed by atoms with Crippen molar-refractivity contribution < 1.29 is 9.18 Å². The summed E-state index contributed by atoms with van der Waals surface area (Å²) in [4.78, 5) is 14.8. The molecule has 0 bridgehead atoms. The van der Waals surface area contributed by atoms with E-state index in [1.54, 1.807) is 12.1 Å². The number of fused-ring (bicyclic) bond motifs is 1. The van der Waals surface area contributed by atoms with E-state index in [4.69, 9.17) is 0 Å². The first kappa shape index (κ1) is 19.6. The number of rotatable bonds is 4. The fourth-order valence-electron chi connectivity index (χ4n) is 4.03. The number of Topliss-reactive ketones (excluding diaryl/α,β-unsaturated/α-hetero) is 1. The van der Waals surface area contributed by atoms with Crippen molar-refractivity contribution in [3.8, 4) is 0 Å². The summed E-state index contributed by atoms with van der Waals surface area (Å²) in [6, 6.07) is 9.49. The van der Waals surface area contributed by atoms with Crippen molar-refractivity contribution in [1.29, 1.82) is 0 Å². The Balaban J connectivity index is 1.79. The summed E-state index contributed by atoms with van der Waals surface area (Å²) >= 11 is 0. The molecule has 1 aliphatic rings. The van der Waals surface area contributed by atoms with Crippen molar-refractivity contribution in [2.45, 2.75) is 60.4 Å². The van der Waals surface area contributed by atoms with Gasteiger partial charge in [0.25, 0.3) is 0 Å². The van der Waals surface area contributed by atoms with E-state index >= 15 is 0 Å². The smallest absolute Gasteiger partial charge is 0.137 e. The SMILES string of the molecule is Cc1cc(N2CCc3cc(F)ccc3C2)cc(C)c1CC(=O)CC(C)(C)C. The zero-order valence-corrected chi connectivity index (χ0v) is 17.2. The fourth-order valence-corrected chi connectivity index (χ4v) is 4.03. The minimum Gasteiger partial charge on any atom is -0.367 e. The molecule has 0 saturated heterocycles. The third-order valence-corrected chi connectivity index (χ3v) is 5.33. The minimum absolute atomic E-state index is 0.0273. The number of carbonyl (C=O) groups is 1. The average molecular weight is 368 g/mol. The van der Waals surface area contributed by atoms with Crippen LogP contribution in [0.2, 0.25) is 0 Å². The van der Waals surface area contributed by atoms with Crippen LogP contribution in [-0.4, -0.2) is 12.3 Å². The standard InChI is InChI=1S/C24H30FNO/c1-16-10-21(11-17(2)23(16)13-22(27)14-24(3,4)5)26-9-8-18-12-20(25)7-6-19(18)15-26/h6-7,10-12H,8-9,13-15H2,1-5H3. The second-order valence-corrected chi connectivity index (χ2v) is 9.10. The van der Waals surface area contributed by atoms with E-state index in [-0.39, 0.29) is 11.2 Å². The Morgan fingerprint density at radius 3 is 2.37 bits per heavy atom. The van der Waals surface area contributed by atoms with E-state index in [1.165, 1.54) is 22.4 Å². The van der Waals surface area contributed by atoms with Crippen LogP contribution in [-0.2, 0) is 24.2 Å². The zero-order chi connectivity index (χ0) is 19.8. The van der Waals surface area contributed by atoms with Gasteiger partial charge in [-0.3, -0.25) is 4.79 Å². The monoisotopic (exact) mass is 367 g/mol. The summed E-state index contributed by atoms with van der Waals surface area (Å²) in [6.07, 6.45) is 1.97. The number of halogens is 1. The van der Waals surface area contributed by atoms with Gasteiger partial charge in [-0.05, 0) is 77.8 Å². The Hall–Kier alpha value is -2.16. The summed E-state index contributed by atoms with van der Waals surface area (Å²) in [5.41, 5.74) is 7.04. The van der Waals surface area contributed by atoms with Crippen molar-refractivity contribution >= 4 is 11.5 Å². The van der Waals surface area contributed by atoms with E-state index in [9.17, 15) is 9.18 Å². The van der Waals surface area contributed by atoms with Gasteiger partial charge in [0.1, 0.15) is 11.6 Å². The van der Waals surface area contributed by atoms with E-state index in [0.717, 1.165) is 30.6 Å². The lowest BCUT2D eigenvalue weighted by Gasteiger charge is -2.31. The zero-order valence-electron chi connectivity index (χ0n) is 17.2. The molecule has 0 atom stereocenters. The average Bonchev–Trinajstić information content (AvgIpc) is 2.56. The number of hydrogen-bond donors (Lipinski definition) is 0. The van der Waals surface area contributed by atoms with Gasteiger partial charge in [0.2, 0.25) is 0 Å². The summed E-state index contributed by atoms with van der Waals surface area (Å²) in [7, 11) is 0. The largest absolute Gasteiger partial charge is 0.367 e. The highest BCUT2D eigenvalue weighted by Gasteiger charge is 2.20. The summed E-state index contributed by atoms with van der Waals surface area (Å²) in [5, 5.41) is 0. The Bertz CT molecular complexity index is 840. The van der Waals surface area contributed by atoms with Crippen molar-refractivity contribution in [3.63, 3.8) is 0 Å². The van der Waals surface area contributed by atoms with E-state index < -0.39 is 0 Å². The van der Waals surface area contributed by atoms with Gasteiger partial charge in [-0.25, -0.2) is 4.39 Å². The molecule has 0 saturated carbocycles. The molecule has 144 valence electrons. The molecule has 0 amide bonds. The number of anilines is 1. The van der Waals surface area contributed by atoms with E-state index in [0.29, 0.717) is 18.6 Å². The molecule has 0 fully saturated rings. The van der Waals surface area contributed by atoms with Gasteiger partial charge in [-0.2, -0.15) is 0 Å². The molecule has 1 heterocycles. The summed E-state index contributed by atoms with van der Waals surface area (Å²) in [6.45, 7) is 12.2. The van der Waals surface area contributed by atoms with Crippen LogP contribution >= 0.6 is 0 Å². The maximum Gasteiger partial charge on any atom is 0.137 e. The predicted molar refractivity (Wildman–Crippen MR) is 110 cm³/mol. The Morgan fingerprint density at radius 2 is 1.74 bits per heavy atom. The molecule has 0 radical (unpaired) electrons. The Kier molecular flexibility index (Phi) is 5.41. The summed E-state index contributed by atoms with van der Waals surface area (Å²) < 4.78 is 13.4. The molecule has 0 unspecified atom stereocenters. The second kappa shape index (κ2) is 7.46. The molecule has 0 aliphatic carbocycles. The molecule has 0 spiro atoms. The summed E-state index contributed by atoms with van der Waals surface area (Å²) in [5.74, 6) is 0.147. The van der Waals surface area contributed by atoms with Crippen LogP contribution in [0.3, 0.4) is 0 Å². The lowest BCUT2D eigenvalue weighted by Crippen LogP contribution is -2.30. The number of benzene rings is 2. The maximum absolute atomic E-state index is 13.4.